The number of amides is 1. The van der Waals surface area contributed by atoms with Crippen molar-refractivity contribution in [1.82, 2.24) is 15.1 Å². The number of pyridine rings is 1. The largest absolute Gasteiger partial charge is 0.339 e. The van der Waals surface area contributed by atoms with E-state index in [-0.39, 0.29) is 12.3 Å². The second kappa shape index (κ2) is 8.93. The molecule has 0 aliphatic rings. The number of anilines is 1. The standard InChI is InChI=1S/C23H20N4O2/c28-21(12-13-22-26-23(27-29-22)19-10-6-14-24-16-19)25-20-11-5-4-9-18(20)15-17-7-2-1-3-8-17/h1-11,14,16H,12-13,15H2,(H,25,28). The predicted octanol–water partition coefficient (Wildman–Crippen LogP) is 4.29. The van der Waals surface area contributed by atoms with E-state index in [0.29, 0.717) is 18.1 Å². The van der Waals surface area contributed by atoms with Crippen LogP contribution in [0.15, 0.2) is 83.6 Å². The number of rotatable bonds is 7. The van der Waals surface area contributed by atoms with Crippen LogP contribution in [-0.2, 0) is 17.6 Å². The number of hydrogen-bond donors (Lipinski definition) is 1. The maximum Gasteiger partial charge on any atom is 0.227 e. The molecule has 0 bridgehead atoms. The lowest BCUT2D eigenvalue weighted by molar-refractivity contribution is -0.116. The Kier molecular flexibility index (Phi) is 5.71. The minimum Gasteiger partial charge on any atom is -0.339 e. The Balaban J connectivity index is 1.36. The number of nitrogens with one attached hydrogen (secondary N) is 1. The summed E-state index contributed by atoms with van der Waals surface area (Å²) >= 11 is 0. The fraction of sp³-hybridized carbons (Fsp3) is 0.130. The molecule has 29 heavy (non-hydrogen) atoms. The minimum atomic E-state index is -0.0911. The summed E-state index contributed by atoms with van der Waals surface area (Å²) in [4.78, 5) is 20.8. The van der Waals surface area contributed by atoms with Crippen molar-refractivity contribution in [2.45, 2.75) is 19.3 Å². The summed E-state index contributed by atoms with van der Waals surface area (Å²) in [6, 6.07) is 21.7. The summed E-state index contributed by atoms with van der Waals surface area (Å²) in [7, 11) is 0. The third kappa shape index (κ3) is 4.93. The van der Waals surface area contributed by atoms with Gasteiger partial charge in [-0.25, -0.2) is 0 Å². The molecule has 6 nitrogen and oxygen atoms in total. The Morgan fingerprint density at radius 2 is 1.79 bits per heavy atom. The highest BCUT2D eigenvalue weighted by atomic mass is 16.5. The van der Waals surface area contributed by atoms with Crippen molar-refractivity contribution in [3.63, 3.8) is 0 Å². The van der Waals surface area contributed by atoms with E-state index in [1.807, 2.05) is 54.6 Å². The van der Waals surface area contributed by atoms with Gasteiger partial charge >= 0.3 is 0 Å². The van der Waals surface area contributed by atoms with E-state index < -0.39 is 0 Å². The van der Waals surface area contributed by atoms with Crippen molar-refractivity contribution in [3.05, 3.63) is 96.1 Å². The van der Waals surface area contributed by atoms with Crippen LogP contribution in [-0.4, -0.2) is 21.0 Å². The number of nitrogens with zero attached hydrogens (tertiary/aromatic N) is 3. The van der Waals surface area contributed by atoms with Gasteiger partial charge in [0.25, 0.3) is 0 Å². The molecule has 4 rings (SSSR count). The molecule has 0 saturated heterocycles. The first-order valence-electron chi connectivity index (χ1n) is 9.42. The number of aryl methyl sites for hydroxylation is 1. The highest BCUT2D eigenvalue weighted by Gasteiger charge is 2.12. The van der Waals surface area contributed by atoms with Gasteiger partial charge in [0.1, 0.15) is 0 Å². The SMILES string of the molecule is O=C(CCc1nc(-c2cccnc2)no1)Nc1ccccc1Cc1ccccc1. The third-order valence-corrected chi connectivity index (χ3v) is 4.48. The van der Waals surface area contributed by atoms with Crippen molar-refractivity contribution in [3.8, 4) is 11.4 Å². The van der Waals surface area contributed by atoms with E-state index in [1.54, 1.807) is 12.4 Å². The molecule has 4 aromatic rings. The van der Waals surface area contributed by atoms with Crippen LogP contribution in [0.4, 0.5) is 5.69 Å². The molecule has 1 amide bonds. The molecule has 0 atom stereocenters. The molecule has 0 radical (unpaired) electrons. The monoisotopic (exact) mass is 384 g/mol. The summed E-state index contributed by atoms with van der Waals surface area (Å²) in [6.45, 7) is 0. The van der Waals surface area contributed by atoms with Crippen LogP contribution in [0, 0.1) is 0 Å². The maximum atomic E-state index is 12.5. The van der Waals surface area contributed by atoms with E-state index in [1.165, 1.54) is 5.56 Å². The van der Waals surface area contributed by atoms with Gasteiger partial charge in [-0.05, 0) is 35.7 Å². The van der Waals surface area contributed by atoms with E-state index in [0.717, 1.165) is 23.2 Å². The Morgan fingerprint density at radius 1 is 0.966 bits per heavy atom. The van der Waals surface area contributed by atoms with Crippen LogP contribution >= 0.6 is 0 Å². The van der Waals surface area contributed by atoms with Gasteiger partial charge in [0.15, 0.2) is 0 Å². The Labute approximate surface area is 168 Å². The van der Waals surface area contributed by atoms with Crippen LogP contribution in [0.5, 0.6) is 0 Å². The zero-order chi connectivity index (χ0) is 19.9. The van der Waals surface area contributed by atoms with Crippen molar-refractivity contribution in [2.24, 2.45) is 0 Å². The van der Waals surface area contributed by atoms with Crippen LogP contribution in [0.2, 0.25) is 0 Å². The fourth-order valence-corrected chi connectivity index (χ4v) is 3.01. The average Bonchev–Trinajstić information content (AvgIpc) is 3.24. The van der Waals surface area contributed by atoms with Crippen LogP contribution < -0.4 is 5.32 Å². The molecule has 0 aliphatic heterocycles. The maximum absolute atomic E-state index is 12.5. The number of carbonyl (C=O) groups excluding carboxylic acids is 1. The molecular formula is C23H20N4O2. The van der Waals surface area contributed by atoms with Crippen molar-refractivity contribution >= 4 is 11.6 Å². The molecule has 0 aliphatic carbocycles. The van der Waals surface area contributed by atoms with Gasteiger partial charge in [0.2, 0.25) is 17.6 Å². The fourth-order valence-electron chi connectivity index (χ4n) is 3.01. The zero-order valence-corrected chi connectivity index (χ0v) is 15.8. The number of para-hydroxylation sites is 1. The Morgan fingerprint density at radius 3 is 2.62 bits per heavy atom. The van der Waals surface area contributed by atoms with Crippen LogP contribution in [0.1, 0.15) is 23.4 Å². The number of carbonyl (C=O) groups is 1. The molecule has 0 unspecified atom stereocenters. The van der Waals surface area contributed by atoms with Crippen molar-refractivity contribution < 1.29 is 9.32 Å². The zero-order valence-electron chi connectivity index (χ0n) is 15.8. The van der Waals surface area contributed by atoms with Gasteiger partial charge < -0.3 is 9.84 Å². The summed E-state index contributed by atoms with van der Waals surface area (Å²) in [5.74, 6) is 0.810. The van der Waals surface area contributed by atoms with E-state index in [4.69, 9.17) is 4.52 Å². The van der Waals surface area contributed by atoms with Gasteiger partial charge in [-0.15, -0.1) is 0 Å². The first kappa shape index (κ1) is 18.6. The normalized spacial score (nSPS) is 10.6. The van der Waals surface area contributed by atoms with E-state index >= 15 is 0 Å². The summed E-state index contributed by atoms with van der Waals surface area (Å²) in [5.41, 5.74) is 3.87. The molecule has 1 N–H and O–H groups in total. The molecule has 2 heterocycles. The van der Waals surface area contributed by atoms with Gasteiger partial charge in [0.05, 0.1) is 0 Å². The van der Waals surface area contributed by atoms with Gasteiger partial charge in [-0.1, -0.05) is 53.7 Å². The van der Waals surface area contributed by atoms with Crippen molar-refractivity contribution in [2.75, 3.05) is 5.32 Å². The second-order valence-electron chi connectivity index (χ2n) is 6.62. The van der Waals surface area contributed by atoms with Gasteiger partial charge in [-0.3, -0.25) is 9.78 Å². The summed E-state index contributed by atoms with van der Waals surface area (Å²) < 4.78 is 5.25. The van der Waals surface area contributed by atoms with Crippen molar-refractivity contribution in [1.29, 1.82) is 0 Å². The number of hydrogen-bond acceptors (Lipinski definition) is 5. The lowest BCUT2D eigenvalue weighted by Gasteiger charge is -2.11. The first-order valence-corrected chi connectivity index (χ1v) is 9.42. The molecule has 2 aromatic heterocycles. The number of aromatic nitrogens is 3. The molecule has 2 aromatic carbocycles. The molecule has 0 saturated carbocycles. The first-order chi connectivity index (χ1) is 14.3. The minimum absolute atomic E-state index is 0.0911. The molecular weight excluding hydrogens is 364 g/mol. The van der Waals surface area contributed by atoms with Crippen LogP contribution in [0.3, 0.4) is 0 Å². The molecule has 144 valence electrons. The quantitative estimate of drug-likeness (QED) is 0.514. The van der Waals surface area contributed by atoms with E-state index in [9.17, 15) is 4.79 Å². The lowest BCUT2D eigenvalue weighted by atomic mass is 10.0. The van der Waals surface area contributed by atoms with Crippen LogP contribution in [0.25, 0.3) is 11.4 Å². The van der Waals surface area contributed by atoms with Gasteiger partial charge in [-0.2, -0.15) is 4.98 Å². The summed E-state index contributed by atoms with van der Waals surface area (Å²) in [6.07, 6.45) is 4.75. The Hall–Kier alpha value is -3.80. The molecule has 0 fully saturated rings. The Bertz CT molecular complexity index is 1080. The highest BCUT2D eigenvalue weighted by Crippen LogP contribution is 2.20. The smallest absolute Gasteiger partial charge is 0.227 e. The number of benzene rings is 2. The lowest BCUT2D eigenvalue weighted by Crippen LogP contribution is -2.14. The molecule has 0 spiro atoms. The topological polar surface area (TPSA) is 80.9 Å². The third-order valence-electron chi connectivity index (χ3n) is 4.48. The molecule has 6 heteroatoms. The van der Waals surface area contributed by atoms with Gasteiger partial charge in [0, 0.05) is 36.5 Å². The predicted molar refractivity (Wildman–Crippen MR) is 110 cm³/mol. The second-order valence-corrected chi connectivity index (χ2v) is 6.62. The highest BCUT2D eigenvalue weighted by molar-refractivity contribution is 5.91. The van der Waals surface area contributed by atoms with E-state index in [2.05, 4.69) is 32.6 Å². The summed E-state index contributed by atoms with van der Waals surface area (Å²) in [5, 5.41) is 6.95. The average molecular weight is 384 g/mol.